The number of amides is 1. The van der Waals surface area contributed by atoms with Gasteiger partial charge >= 0.3 is 6.18 Å². The van der Waals surface area contributed by atoms with Gasteiger partial charge in [0.05, 0.1) is 18.0 Å². The average Bonchev–Trinajstić information content (AvgIpc) is 2.47. The van der Waals surface area contributed by atoms with E-state index in [2.05, 4.69) is 20.6 Å². The van der Waals surface area contributed by atoms with Gasteiger partial charge in [0.15, 0.2) is 0 Å². The smallest absolute Gasteiger partial charge is 0.372 e. The Bertz CT molecular complexity index is 623. The second kappa shape index (κ2) is 5.78. The third kappa shape index (κ3) is 3.68. The molecule has 1 heterocycles. The third-order valence-electron chi connectivity index (χ3n) is 2.61. The summed E-state index contributed by atoms with van der Waals surface area (Å²) < 4.78 is 37.2. The normalized spacial score (nSPS) is 11.0. The average molecular weight is 296 g/mol. The van der Waals surface area contributed by atoms with Crippen LogP contribution in [0.5, 0.6) is 0 Å². The number of hydrogen-bond donors (Lipinski definition) is 2. The van der Waals surface area contributed by atoms with Gasteiger partial charge in [-0.15, -0.1) is 0 Å². The minimum absolute atomic E-state index is 0.0638. The highest BCUT2D eigenvalue weighted by atomic mass is 19.4. The molecule has 0 aliphatic heterocycles. The number of aromatic nitrogens is 2. The molecule has 1 amide bonds. The Hall–Kier alpha value is -2.64. The largest absolute Gasteiger partial charge is 0.416 e. The first kappa shape index (κ1) is 14.8. The predicted molar refractivity (Wildman–Crippen MR) is 71.0 cm³/mol. The summed E-state index contributed by atoms with van der Waals surface area (Å²) in [7, 11) is 1.66. The summed E-state index contributed by atoms with van der Waals surface area (Å²) >= 11 is 0. The van der Waals surface area contributed by atoms with E-state index in [-0.39, 0.29) is 11.4 Å². The van der Waals surface area contributed by atoms with Crippen LogP contribution < -0.4 is 10.6 Å². The van der Waals surface area contributed by atoms with Crippen LogP contribution in [-0.4, -0.2) is 22.9 Å². The maximum Gasteiger partial charge on any atom is 0.416 e. The molecule has 2 rings (SSSR count). The molecule has 110 valence electrons. The fourth-order valence-corrected chi connectivity index (χ4v) is 1.51. The van der Waals surface area contributed by atoms with Gasteiger partial charge in [0.1, 0.15) is 11.5 Å². The van der Waals surface area contributed by atoms with Crippen molar-refractivity contribution in [2.75, 3.05) is 17.7 Å². The molecule has 0 unspecified atom stereocenters. The number of benzene rings is 1. The number of carbonyl (C=O) groups is 1. The molecule has 2 N–H and O–H groups in total. The van der Waals surface area contributed by atoms with Crippen molar-refractivity contribution in [2.45, 2.75) is 6.18 Å². The molecule has 1 aromatic heterocycles. The Balaban J connectivity index is 2.08. The fraction of sp³-hybridized carbons (Fsp3) is 0.154. The zero-order valence-corrected chi connectivity index (χ0v) is 10.9. The van der Waals surface area contributed by atoms with Gasteiger partial charge in [0.25, 0.3) is 5.91 Å². The Labute approximate surface area is 118 Å². The molecule has 0 radical (unpaired) electrons. The van der Waals surface area contributed by atoms with Crippen LogP contribution in [0.3, 0.4) is 0 Å². The fourth-order valence-electron chi connectivity index (χ4n) is 1.51. The van der Waals surface area contributed by atoms with Crippen LogP contribution in [0.15, 0.2) is 36.7 Å². The van der Waals surface area contributed by atoms with Crippen LogP contribution in [-0.2, 0) is 6.18 Å². The molecule has 5 nitrogen and oxygen atoms in total. The Morgan fingerprint density at radius 2 is 1.76 bits per heavy atom. The summed E-state index contributed by atoms with van der Waals surface area (Å²) in [5, 5.41) is 5.20. The quantitative estimate of drug-likeness (QED) is 0.914. The van der Waals surface area contributed by atoms with Crippen LogP contribution in [0.4, 0.5) is 24.7 Å². The highest BCUT2D eigenvalue weighted by Gasteiger charge is 2.30. The van der Waals surface area contributed by atoms with Crippen molar-refractivity contribution in [3.8, 4) is 0 Å². The zero-order valence-electron chi connectivity index (χ0n) is 10.9. The lowest BCUT2D eigenvalue weighted by Gasteiger charge is -2.08. The van der Waals surface area contributed by atoms with Crippen molar-refractivity contribution >= 4 is 17.4 Å². The Morgan fingerprint density at radius 1 is 1.10 bits per heavy atom. The Kier molecular flexibility index (Phi) is 4.06. The number of rotatable bonds is 3. The van der Waals surface area contributed by atoms with Crippen LogP contribution in [0, 0.1) is 0 Å². The summed E-state index contributed by atoms with van der Waals surface area (Å²) in [5.41, 5.74) is -0.472. The van der Waals surface area contributed by atoms with Crippen molar-refractivity contribution in [3.63, 3.8) is 0 Å². The van der Waals surface area contributed by atoms with Crippen LogP contribution in [0.25, 0.3) is 0 Å². The van der Waals surface area contributed by atoms with E-state index in [0.717, 1.165) is 12.1 Å². The number of halogens is 3. The maximum absolute atomic E-state index is 12.4. The second-order valence-corrected chi connectivity index (χ2v) is 4.07. The SMILES string of the molecule is CNc1cnc(C(=O)Nc2ccc(C(F)(F)F)cc2)cn1. The van der Waals surface area contributed by atoms with Gasteiger partial charge < -0.3 is 10.6 Å². The van der Waals surface area contributed by atoms with Crippen molar-refractivity contribution in [2.24, 2.45) is 0 Å². The molecular weight excluding hydrogens is 285 g/mol. The van der Waals surface area contributed by atoms with Gasteiger partial charge in [0, 0.05) is 12.7 Å². The summed E-state index contributed by atoms with van der Waals surface area (Å²) in [4.78, 5) is 19.6. The van der Waals surface area contributed by atoms with Crippen molar-refractivity contribution < 1.29 is 18.0 Å². The van der Waals surface area contributed by atoms with E-state index in [1.807, 2.05) is 0 Å². The van der Waals surface area contributed by atoms with Gasteiger partial charge in [-0.05, 0) is 24.3 Å². The van der Waals surface area contributed by atoms with E-state index < -0.39 is 17.6 Å². The molecule has 0 atom stereocenters. The van der Waals surface area contributed by atoms with E-state index in [0.29, 0.717) is 5.82 Å². The molecule has 21 heavy (non-hydrogen) atoms. The summed E-state index contributed by atoms with van der Waals surface area (Å²) in [6, 6.07) is 4.14. The predicted octanol–water partition coefficient (Wildman–Crippen LogP) is 2.79. The molecule has 0 aliphatic rings. The number of alkyl halides is 3. The molecule has 2 aromatic rings. The number of hydrogen-bond acceptors (Lipinski definition) is 4. The lowest BCUT2D eigenvalue weighted by atomic mass is 10.2. The molecule has 0 bridgehead atoms. The zero-order chi connectivity index (χ0) is 15.5. The second-order valence-electron chi connectivity index (χ2n) is 4.07. The van der Waals surface area contributed by atoms with Crippen molar-refractivity contribution in [1.82, 2.24) is 9.97 Å². The molecule has 1 aromatic carbocycles. The topological polar surface area (TPSA) is 66.9 Å². The maximum atomic E-state index is 12.4. The summed E-state index contributed by atoms with van der Waals surface area (Å²) in [6.07, 6.45) is -1.76. The number of nitrogens with one attached hydrogen (secondary N) is 2. The molecule has 0 fully saturated rings. The van der Waals surface area contributed by atoms with Gasteiger partial charge in [-0.25, -0.2) is 9.97 Å². The monoisotopic (exact) mass is 296 g/mol. The highest BCUT2D eigenvalue weighted by Crippen LogP contribution is 2.29. The molecular formula is C13H11F3N4O. The minimum atomic E-state index is -4.41. The van der Waals surface area contributed by atoms with E-state index in [9.17, 15) is 18.0 Å². The summed E-state index contributed by atoms with van der Waals surface area (Å²) in [5.74, 6) is -0.0500. The van der Waals surface area contributed by atoms with Crippen molar-refractivity contribution in [3.05, 3.63) is 47.9 Å². The molecule has 0 saturated heterocycles. The van der Waals surface area contributed by atoms with Crippen LogP contribution in [0.2, 0.25) is 0 Å². The molecule has 0 saturated carbocycles. The Morgan fingerprint density at radius 3 is 2.24 bits per heavy atom. The molecule has 0 aliphatic carbocycles. The molecule has 0 spiro atoms. The van der Waals surface area contributed by atoms with Gasteiger partial charge in [-0.3, -0.25) is 4.79 Å². The van der Waals surface area contributed by atoms with Crippen LogP contribution in [0.1, 0.15) is 16.1 Å². The van der Waals surface area contributed by atoms with Crippen molar-refractivity contribution in [1.29, 1.82) is 0 Å². The van der Waals surface area contributed by atoms with E-state index in [1.165, 1.54) is 24.5 Å². The van der Waals surface area contributed by atoms with E-state index >= 15 is 0 Å². The van der Waals surface area contributed by atoms with Gasteiger partial charge in [0.2, 0.25) is 0 Å². The first-order chi connectivity index (χ1) is 9.90. The molecule has 8 heteroatoms. The first-order valence-corrected chi connectivity index (χ1v) is 5.88. The number of anilines is 2. The number of nitrogens with zero attached hydrogens (tertiary/aromatic N) is 2. The summed E-state index contributed by atoms with van der Waals surface area (Å²) in [6.45, 7) is 0. The van der Waals surface area contributed by atoms with Crippen LogP contribution >= 0.6 is 0 Å². The van der Waals surface area contributed by atoms with Gasteiger partial charge in [-0.2, -0.15) is 13.2 Å². The first-order valence-electron chi connectivity index (χ1n) is 5.88. The minimum Gasteiger partial charge on any atom is -0.372 e. The standard InChI is InChI=1S/C13H11F3N4O/c1-17-11-7-18-10(6-19-11)12(21)20-9-4-2-8(3-5-9)13(14,15)16/h2-7H,1H3,(H,17,19)(H,20,21). The third-order valence-corrected chi connectivity index (χ3v) is 2.61. The van der Waals surface area contributed by atoms with E-state index in [4.69, 9.17) is 0 Å². The number of carbonyl (C=O) groups excluding carboxylic acids is 1. The van der Waals surface area contributed by atoms with E-state index in [1.54, 1.807) is 7.05 Å². The lowest BCUT2D eigenvalue weighted by molar-refractivity contribution is -0.137. The van der Waals surface area contributed by atoms with Gasteiger partial charge in [-0.1, -0.05) is 0 Å². The highest BCUT2D eigenvalue weighted by molar-refractivity contribution is 6.02. The lowest BCUT2D eigenvalue weighted by Crippen LogP contribution is -2.14.